The molecule has 2 saturated heterocycles. The summed E-state index contributed by atoms with van der Waals surface area (Å²) in [6, 6.07) is 4.52. The van der Waals surface area contributed by atoms with Crippen LogP contribution in [0.5, 0.6) is 0 Å². The lowest BCUT2D eigenvalue weighted by Crippen LogP contribution is -2.52. The van der Waals surface area contributed by atoms with E-state index >= 15 is 0 Å². The van der Waals surface area contributed by atoms with E-state index in [1.165, 1.54) is 28.6 Å². The monoisotopic (exact) mass is 389 g/mol. The van der Waals surface area contributed by atoms with Crippen LogP contribution < -0.4 is 5.14 Å². The molecule has 0 aromatic heterocycles. The van der Waals surface area contributed by atoms with Crippen LogP contribution in [0.3, 0.4) is 0 Å². The molecule has 2 fully saturated rings. The van der Waals surface area contributed by atoms with Gasteiger partial charge in [-0.05, 0) is 24.3 Å². The van der Waals surface area contributed by atoms with Crippen LogP contribution in [0, 0.1) is 0 Å². The number of nitrogens with zero attached hydrogens (tertiary/aromatic N) is 2. The molecule has 3 rings (SSSR count). The Morgan fingerprint density at radius 2 is 1.52 bits per heavy atom. The molecule has 2 heterocycles. The molecule has 1 aromatic carbocycles. The van der Waals surface area contributed by atoms with Gasteiger partial charge in [-0.2, -0.15) is 4.31 Å². The number of hydrogen-bond donors (Lipinski definition) is 1. The summed E-state index contributed by atoms with van der Waals surface area (Å²) in [5.41, 5.74) is 0. The van der Waals surface area contributed by atoms with Gasteiger partial charge in [0.2, 0.25) is 20.0 Å². The smallest absolute Gasteiger partial charge is 0.323 e. The average molecular weight is 389 g/mol. The first kappa shape index (κ1) is 18.3. The molecule has 0 bridgehead atoms. The highest BCUT2D eigenvalue weighted by atomic mass is 32.2. The highest BCUT2D eigenvalue weighted by Crippen LogP contribution is 2.22. The van der Waals surface area contributed by atoms with Crippen molar-refractivity contribution in [1.29, 1.82) is 0 Å². The summed E-state index contributed by atoms with van der Waals surface area (Å²) in [5.74, 6) is -0.255. The SMILES string of the molecule is NS(=O)(=O)c1ccc(S(=O)(=O)N2CCN(C3CCOC3=O)CC2)cc1. The fourth-order valence-corrected chi connectivity index (χ4v) is 4.96. The van der Waals surface area contributed by atoms with Crippen molar-refractivity contribution in [2.45, 2.75) is 22.3 Å². The second-order valence-electron chi connectivity index (χ2n) is 5.93. The molecule has 138 valence electrons. The number of carbonyl (C=O) groups excluding carboxylic acids is 1. The number of carbonyl (C=O) groups is 1. The molecule has 0 aliphatic carbocycles. The molecule has 2 N–H and O–H groups in total. The number of primary sulfonamides is 1. The maximum absolute atomic E-state index is 12.7. The molecular formula is C14H19N3O6S2. The third-order valence-corrected chi connectivity index (χ3v) is 7.25. The summed E-state index contributed by atoms with van der Waals surface area (Å²) in [4.78, 5) is 13.4. The predicted octanol–water partition coefficient (Wildman–Crippen LogP) is -1.04. The van der Waals surface area contributed by atoms with Crippen molar-refractivity contribution < 1.29 is 26.4 Å². The summed E-state index contributed by atoms with van der Waals surface area (Å²) in [6.45, 7) is 1.78. The Bertz CT molecular complexity index is 858. The number of cyclic esters (lactones) is 1. The minimum atomic E-state index is -3.87. The van der Waals surface area contributed by atoms with Gasteiger partial charge in [-0.25, -0.2) is 22.0 Å². The van der Waals surface area contributed by atoms with E-state index in [1.54, 1.807) is 0 Å². The van der Waals surface area contributed by atoms with Gasteiger partial charge in [0.15, 0.2) is 0 Å². The first-order valence-electron chi connectivity index (χ1n) is 7.73. The standard InChI is InChI=1S/C14H19N3O6S2/c15-24(19,20)11-1-3-12(4-2-11)25(21,22)17-8-6-16(7-9-17)13-5-10-23-14(13)18/h1-4,13H,5-10H2,(H2,15,19,20). The number of piperazine rings is 1. The normalized spacial score (nSPS) is 23.6. The average Bonchev–Trinajstić information content (AvgIpc) is 3.00. The van der Waals surface area contributed by atoms with E-state index < -0.39 is 20.0 Å². The van der Waals surface area contributed by atoms with Crippen molar-refractivity contribution in [1.82, 2.24) is 9.21 Å². The van der Waals surface area contributed by atoms with Gasteiger partial charge in [0, 0.05) is 32.6 Å². The lowest BCUT2D eigenvalue weighted by Gasteiger charge is -2.35. The molecule has 1 aromatic rings. The van der Waals surface area contributed by atoms with Crippen molar-refractivity contribution in [2.24, 2.45) is 5.14 Å². The number of hydrogen-bond acceptors (Lipinski definition) is 7. The molecule has 2 aliphatic rings. The van der Waals surface area contributed by atoms with Crippen molar-refractivity contribution in [2.75, 3.05) is 32.8 Å². The van der Waals surface area contributed by atoms with Crippen LogP contribution in [0.1, 0.15) is 6.42 Å². The summed E-state index contributed by atoms with van der Waals surface area (Å²) in [6.07, 6.45) is 0.626. The maximum Gasteiger partial charge on any atom is 0.323 e. The van der Waals surface area contributed by atoms with E-state index in [0.717, 1.165) is 0 Å². The van der Waals surface area contributed by atoms with Crippen LogP contribution in [0.4, 0.5) is 0 Å². The van der Waals surface area contributed by atoms with Crippen molar-refractivity contribution >= 4 is 26.0 Å². The lowest BCUT2D eigenvalue weighted by molar-refractivity contribution is -0.142. The van der Waals surface area contributed by atoms with E-state index in [4.69, 9.17) is 9.88 Å². The van der Waals surface area contributed by atoms with E-state index in [9.17, 15) is 21.6 Å². The molecule has 1 unspecified atom stereocenters. The van der Waals surface area contributed by atoms with Crippen LogP contribution in [-0.4, -0.2) is 70.8 Å². The number of nitrogens with two attached hydrogens (primary N) is 1. The van der Waals surface area contributed by atoms with Gasteiger partial charge in [-0.15, -0.1) is 0 Å². The maximum atomic E-state index is 12.7. The second kappa shape index (κ2) is 6.65. The van der Waals surface area contributed by atoms with Crippen molar-refractivity contribution in [3.05, 3.63) is 24.3 Å². The summed E-state index contributed by atoms with van der Waals surface area (Å²) in [7, 11) is -7.60. The van der Waals surface area contributed by atoms with Gasteiger partial charge in [0.25, 0.3) is 0 Å². The molecule has 0 spiro atoms. The fraction of sp³-hybridized carbons (Fsp3) is 0.500. The number of sulfonamides is 2. The Morgan fingerprint density at radius 1 is 0.960 bits per heavy atom. The topological polar surface area (TPSA) is 127 Å². The quantitative estimate of drug-likeness (QED) is 0.651. The van der Waals surface area contributed by atoms with Gasteiger partial charge in [0.1, 0.15) is 6.04 Å². The number of ether oxygens (including phenoxy) is 1. The van der Waals surface area contributed by atoms with Gasteiger partial charge in [-0.1, -0.05) is 0 Å². The van der Waals surface area contributed by atoms with Crippen LogP contribution in [0.25, 0.3) is 0 Å². The number of benzene rings is 1. The summed E-state index contributed by atoms with van der Waals surface area (Å²) in [5, 5.41) is 5.01. The van der Waals surface area contributed by atoms with Crippen LogP contribution in [-0.2, 0) is 29.6 Å². The van der Waals surface area contributed by atoms with E-state index in [0.29, 0.717) is 26.1 Å². The van der Waals surface area contributed by atoms with Crippen LogP contribution in [0.2, 0.25) is 0 Å². The molecule has 0 radical (unpaired) electrons. The van der Waals surface area contributed by atoms with Crippen molar-refractivity contribution in [3.63, 3.8) is 0 Å². The Balaban J connectivity index is 1.70. The molecule has 11 heteroatoms. The zero-order valence-electron chi connectivity index (χ0n) is 13.4. The van der Waals surface area contributed by atoms with E-state index in [1.807, 2.05) is 4.90 Å². The molecular weight excluding hydrogens is 370 g/mol. The Kier molecular flexibility index (Phi) is 4.86. The first-order valence-corrected chi connectivity index (χ1v) is 10.7. The minimum Gasteiger partial charge on any atom is -0.464 e. The lowest BCUT2D eigenvalue weighted by atomic mass is 10.2. The highest BCUT2D eigenvalue weighted by Gasteiger charge is 2.36. The zero-order chi connectivity index (χ0) is 18.2. The van der Waals surface area contributed by atoms with Gasteiger partial charge in [0.05, 0.1) is 16.4 Å². The largest absolute Gasteiger partial charge is 0.464 e. The number of rotatable bonds is 4. The first-order chi connectivity index (χ1) is 11.7. The van der Waals surface area contributed by atoms with Gasteiger partial charge in [-0.3, -0.25) is 9.69 Å². The molecule has 2 aliphatic heterocycles. The Morgan fingerprint density at radius 3 is 2.00 bits per heavy atom. The molecule has 9 nitrogen and oxygen atoms in total. The molecule has 1 atom stereocenters. The van der Waals surface area contributed by atoms with Gasteiger partial charge < -0.3 is 4.74 Å². The highest BCUT2D eigenvalue weighted by molar-refractivity contribution is 7.89. The molecule has 25 heavy (non-hydrogen) atoms. The van der Waals surface area contributed by atoms with E-state index in [2.05, 4.69) is 0 Å². The minimum absolute atomic E-state index is 0.00799. The molecule has 0 saturated carbocycles. The Hall–Kier alpha value is -1.53. The van der Waals surface area contributed by atoms with Crippen LogP contribution >= 0.6 is 0 Å². The van der Waals surface area contributed by atoms with E-state index in [-0.39, 0.29) is 34.9 Å². The second-order valence-corrected chi connectivity index (χ2v) is 9.43. The van der Waals surface area contributed by atoms with Crippen molar-refractivity contribution in [3.8, 4) is 0 Å². The summed E-state index contributed by atoms with van der Waals surface area (Å²) >= 11 is 0. The third kappa shape index (κ3) is 3.70. The van der Waals surface area contributed by atoms with Crippen LogP contribution in [0.15, 0.2) is 34.1 Å². The third-order valence-electron chi connectivity index (χ3n) is 4.41. The summed E-state index contributed by atoms with van der Waals surface area (Å²) < 4.78 is 54.1. The molecule has 0 amide bonds. The predicted molar refractivity (Wildman–Crippen MR) is 87.5 cm³/mol. The fourth-order valence-electron chi connectivity index (χ4n) is 3.02. The number of esters is 1. The zero-order valence-corrected chi connectivity index (χ0v) is 15.0. The Labute approximate surface area is 146 Å². The van der Waals surface area contributed by atoms with Gasteiger partial charge >= 0.3 is 5.97 Å².